The number of sulfonamides is 1. The van der Waals surface area contributed by atoms with E-state index in [1.807, 2.05) is 0 Å². The van der Waals surface area contributed by atoms with Crippen LogP contribution in [0.4, 0.5) is 23.1 Å². The van der Waals surface area contributed by atoms with Gasteiger partial charge < -0.3 is 10.2 Å². The van der Waals surface area contributed by atoms with Gasteiger partial charge in [0.15, 0.2) is 0 Å². The van der Waals surface area contributed by atoms with Gasteiger partial charge in [0, 0.05) is 54.5 Å². The van der Waals surface area contributed by atoms with Crippen LogP contribution >= 0.6 is 0 Å². The molecule has 10 heteroatoms. The number of likely N-dealkylation sites (N-methyl/N-ethyl adjacent to an activating group) is 1. The molecule has 2 saturated heterocycles. The summed E-state index contributed by atoms with van der Waals surface area (Å²) >= 11 is 0. The van der Waals surface area contributed by atoms with E-state index in [1.165, 1.54) is 24.1 Å². The fourth-order valence-corrected chi connectivity index (χ4v) is 5.40. The Bertz CT molecular complexity index is 1280. The molecule has 4 heterocycles. The van der Waals surface area contributed by atoms with Crippen LogP contribution in [-0.4, -0.2) is 66.7 Å². The number of aromatic nitrogens is 3. The smallest absolute Gasteiger partial charge is 0.230 e. The van der Waals surface area contributed by atoms with Crippen molar-refractivity contribution in [3.8, 4) is 11.3 Å². The lowest BCUT2D eigenvalue weighted by Crippen LogP contribution is -2.52. The van der Waals surface area contributed by atoms with Crippen molar-refractivity contribution in [3.63, 3.8) is 0 Å². The van der Waals surface area contributed by atoms with Crippen LogP contribution in [0.15, 0.2) is 48.8 Å². The maximum Gasteiger partial charge on any atom is 0.230 e. The van der Waals surface area contributed by atoms with Crippen molar-refractivity contribution in [3.05, 3.63) is 54.4 Å². The highest BCUT2D eigenvalue weighted by Gasteiger charge is 2.37. The molecule has 9 nitrogen and oxygen atoms in total. The van der Waals surface area contributed by atoms with Crippen LogP contribution in [0.25, 0.3) is 11.3 Å². The molecule has 2 aromatic heterocycles. The van der Waals surface area contributed by atoms with Gasteiger partial charge in [0.1, 0.15) is 5.82 Å². The SMILES string of the molecule is Cc1cc(Nc2nccc(-c3ccc(NS(C)(=O)=O)nc3)n2)ccc1N1CC2CCC(C1)N2C. The lowest BCUT2D eigenvalue weighted by atomic mass is 10.1. The van der Waals surface area contributed by atoms with Gasteiger partial charge in [-0.1, -0.05) is 0 Å². The average molecular weight is 480 g/mol. The summed E-state index contributed by atoms with van der Waals surface area (Å²) in [6, 6.07) is 12.9. The maximum atomic E-state index is 11.4. The zero-order chi connectivity index (χ0) is 23.9. The molecule has 3 aromatic rings. The van der Waals surface area contributed by atoms with E-state index < -0.39 is 10.0 Å². The summed E-state index contributed by atoms with van der Waals surface area (Å²) in [5, 5.41) is 3.30. The van der Waals surface area contributed by atoms with Crippen molar-refractivity contribution < 1.29 is 8.42 Å². The monoisotopic (exact) mass is 479 g/mol. The fourth-order valence-electron chi connectivity index (χ4n) is 4.90. The van der Waals surface area contributed by atoms with Gasteiger partial charge in [-0.05, 0) is 68.8 Å². The first-order valence-corrected chi connectivity index (χ1v) is 13.3. The number of aryl methyl sites for hydroxylation is 1. The van der Waals surface area contributed by atoms with Crippen LogP contribution in [0.2, 0.25) is 0 Å². The van der Waals surface area contributed by atoms with Gasteiger partial charge in [0.25, 0.3) is 0 Å². The molecule has 2 atom stereocenters. The Morgan fingerprint density at radius 1 is 1.03 bits per heavy atom. The van der Waals surface area contributed by atoms with Gasteiger partial charge in [0.2, 0.25) is 16.0 Å². The second kappa shape index (κ2) is 8.84. The molecule has 2 aliphatic rings. The zero-order valence-corrected chi connectivity index (χ0v) is 20.4. The summed E-state index contributed by atoms with van der Waals surface area (Å²) in [7, 11) is -1.11. The predicted molar refractivity (Wildman–Crippen MR) is 135 cm³/mol. The molecule has 178 valence electrons. The average Bonchev–Trinajstić information content (AvgIpc) is 2.99. The van der Waals surface area contributed by atoms with E-state index in [0.717, 1.165) is 30.6 Å². The van der Waals surface area contributed by atoms with Crippen LogP contribution in [-0.2, 0) is 10.0 Å². The highest BCUT2D eigenvalue weighted by Crippen LogP contribution is 2.33. The zero-order valence-electron chi connectivity index (χ0n) is 19.6. The number of anilines is 4. The molecule has 0 aliphatic carbocycles. The molecule has 0 saturated carbocycles. The largest absolute Gasteiger partial charge is 0.368 e. The Kier molecular flexibility index (Phi) is 5.86. The van der Waals surface area contributed by atoms with E-state index in [1.54, 1.807) is 30.6 Å². The third-order valence-corrected chi connectivity index (χ3v) is 7.23. The van der Waals surface area contributed by atoms with Crippen molar-refractivity contribution >= 4 is 33.2 Å². The van der Waals surface area contributed by atoms with Crippen molar-refractivity contribution in [1.82, 2.24) is 19.9 Å². The first-order chi connectivity index (χ1) is 16.2. The highest BCUT2D eigenvalue weighted by atomic mass is 32.2. The van der Waals surface area contributed by atoms with E-state index in [-0.39, 0.29) is 5.82 Å². The fraction of sp³-hybridized carbons (Fsp3) is 0.375. The first-order valence-electron chi connectivity index (χ1n) is 11.4. The van der Waals surface area contributed by atoms with E-state index in [2.05, 4.69) is 67.0 Å². The number of benzene rings is 1. The number of nitrogens with zero attached hydrogens (tertiary/aromatic N) is 5. The molecule has 2 fully saturated rings. The third-order valence-electron chi connectivity index (χ3n) is 6.65. The van der Waals surface area contributed by atoms with E-state index in [9.17, 15) is 8.42 Å². The molecule has 0 radical (unpaired) electrons. The maximum absolute atomic E-state index is 11.4. The minimum Gasteiger partial charge on any atom is -0.368 e. The van der Waals surface area contributed by atoms with Crippen LogP contribution < -0.4 is 14.9 Å². The van der Waals surface area contributed by atoms with Gasteiger partial charge >= 0.3 is 0 Å². The van der Waals surface area contributed by atoms with Crippen molar-refractivity contribution in [1.29, 1.82) is 0 Å². The minimum absolute atomic E-state index is 0.266. The standard InChI is InChI=1S/C24H29N7O2S/c1-16-12-18(5-8-22(16)31-14-19-6-7-20(15-31)30(19)2)27-24-25-11-10-21(28-24)17-4-9-23(26-13-17)29-34(3,32)33/h4-5,8-13,19-20H,6-7,14-15H2,1-3H3,(H,26,29)(H,25,27,28). The van der Waals surface area contributed by atoms with Gasteiger partial charge in [0.05, 0.1) is 11.9 Å². The molecule has 2 N–H and O–H groups in total. The topological polar surface area (TPSA) is 103 Å². The van der Waals surface area contributed by atoms with Gasteiger partial charge in [-0.25, -0.2) is 23.4 Å². The molecule has 1 aromatic carbocycles. The Morgan fingerprint density at radius 2 is 1.79 bits per heavy atom. The minimum atomic E-state index is -3.37. The Labute approximate surface area is 200 Å². The number of hydrogen-bond acceptors (Lipinski definition) is 8. The van der Waals surface area contributed by atoms with E-state index in [0.29, 0.717) is 23.7 Å². The number of fused-ring (bicyclic) bond motifs is 2. The second-order valence-corrected chi connectivity index (χ2v) is 10.9. The molecule has 2 aliphatic heterocycles. The third kappa shape index (κ3) is 4.83. The Balaban J connectivity index is 1.30. The van der Waals surface area contributed by atoms with Crippen LogP contribution in [0.3, 0.4) is 0 Å². The molecule has 2 bridgehead atoms. The summed E-state index contributed by atoms with van der Waals surface area (Å²) in [5.74, 6) is 0.753. The molecule has 0 spiro atoms. The number of rotatable bonds is 6. The molecule has 2 unspecified atom stereocenters. The summed E-state index contributed by atoms with van der Waals surface area (Å²) < 4.78 is 25.1. The van der Waals surface area contributed by atoms with Crippen LogP contribution in [0.5, 0.6) is 0 Å². The molecular formula is C24H29N7O2S. The lowest BCUT2D eigenvalue weighted by molar-refractivity contribution is 0.212. The number of piperazine rings is 1. The van der Waals surface area contributed by atoms with Gasteiger partial charge in [-0.15, -0.1) is 0 Å². The van der Waals surface area contributed by atoms with Crippen molar-refractivity contribution in [2.24, 2.45) is 0 Å². The summed E-state index contributed by atoms with van der Waals surface area (Å²) in [4.78, 5) is 18.2. The predicted octanol–water partition coefficient (Wildman–Crippen LogP) is 3.24. The van der Waals surface area contributed by atoms with Crippen LogP contribution in [0.1, 0.15) is 18.4 Å². The highest BCUT2D eigenvalue weighted by molar-refractivity contribution is 7.92. The van der Waals surface area contributed by atoms with E-state index >= 15 is 0 Å². The van der Waals surface area contributed by atoms with Crippen molar-refractivity contribution in [2.75, 3.05) is 41.3 Å². The lowest BCUT2D eigenvalue weighted by Gasteiger charge is -2.40. The first kappa shape index (κ1) is 22.5. The van der Waals surface area contributed by atoms with E-state index in [4.69, 9.17) is 0 Å². The Hall–Kier alpha value is -3.24. The van der Waals surface area contributed by atoms with Gasteiger partial charge in [-0.3, -0.25) is 9.62 Å². The van der Waals surface area contributed by atoms with Crippen LogP contribution in [0, 0.1) is 6.92 Å². The molecular weight excluding hydrogens is 450 g/mol. The summed E-state index contributed by atoms with van der Waals surface area (Å²) in [6.07, 6.45) is 6.94. The normalized spacial score (nSPS) is 20.4. The quantitative estimate of drug-likeness (QED) is 0.555. The Morgan fingerprint density at radius 3 is 2.44 bits per heavy atom. The number of hydrogen-bond donors (Lipinski definition) is 2. The summed E-state index contributed by atoms with van der Waals surface area (Å²) in [5.41, 5.74) is 4.90. The molecule has 5 rings (SSSR count). The number of pyridine rings is 1. The molecule has 34 heavy (non-hydrogen) atoms. The van der Waals surface area contributed by atoms with Gasteiger partial charge in [-0.2, -0.15) is 0 Å². The number of nitrogens with one attached hydrogen (secondary N) is 2. The molecule has 0 amide bonds. The van der Waals surface area contributed by atoms with Crippen molar-refractivity contribution in [2.45, 2.75) is 31.8 Å². The second-order valence-electron chi connectivity index (χ2n) is 9.15. The summed E-state index contributed by atoms with van der Waals surface area (Å²) in [6.45, 7) is 4.31.